The van der Waals surface area contributed by atoms with E-state index < -0.39 is 9.84 Å². The number of rotatable bonds is 5. The van der Waals surface area contributed by atoms with Crippen molar-refractivity contribution in [2.24, 2.45) is 0 Å². The summed E-state index contributed by atoms with van der Waals surface area (Å²) >= 11 is 5.77. The minimum atomic E-state index is -3.18. The highest BCUT2D eigenvalue weighted by Gasteiger charge is 2.06. The third-order valence-corrected chi connectivity index (χ3v) is 4.53. The molecule has 0 saturated carbocycles. The first-order valence-corrected chi connectivity index (χ1v) is 9.21. The summed E-state index contributed by atoms with van der Waals surface area (Å²) in [6.45, 7) is 0.442. The smallest absolute Gasteiger partial charge is 0.319 e. The molecule has 2 aromatic rings. The molecule has 122 valence electrons. The van der Waals surface area contributed by atoms with Crippen molar-refractivity contribution in [2.45, 2.75) is 11.3 Å². The summed E-state index contributed by atoms with van der Waals surface area (Å²) in [4.78, 5) is 12.0. The number of carbonyl (C=O) groups is 1. The van der Waals surface area contributed by atoms with Crippen molar-refractivity contribution in [3.05, 3.63) is 59.1 Å². The van der Waals surface area contributed by atoms with Crippen LogP contribution in [0.1, 0.15) is 5.56 Å². The Hall–Kier alpha value is -2.05. The minimum Gasteiger partial charge on any atom is -0.338 e. The van der Waals surface area contributed by atoms with Crippen LogP contribution in [0.4, 0.5) is 10.5 Å². The molecular formula is C16H17ClN2O3S. The Morgan fingerprint density at radius 2 is 1.65 bits per heavy atom. The second kappa shape index (κ2) is 7.48. The first kappa shape index (κ1) is 17.3. The Morgan fingerprint density at radius 3 is 2.22 bits per heavy atom. The number of anilines is 1. The van der Waals surface area contributed by atoms with Crippen LogP contribution >= 0.6 is 11.6 Å². The van der Waals surface area contributed by atoms with E-state index in [-0.39, 0.29) is 10.9 Å². The zero-order chi connectivity index (χ0) is 16.9. The highest BCUT2D eigenvalue weighted by molar-refractivity contribution is 7.90. The average Bonchev–Trinajstić information content (AvgIpc) is 2.49. The van der Waals surface area contributed by atoms with Crippen LogP contribution in [0.3, 0.4) is 0 Å². The van der Waals surface area contributed by atoms with E-state index in [9.17, 15) is 13.2 Å². The van der Waals surface area contributed by atoms with E-state index in [1.165, 1.54) is 6.26 Å². The second-order valence-electron chi connectivity index (χ2n) is 5.05. The predicted molar refractivity (Wildman–Crippen MR) is 91.7 cm³/mol. The van der Waals surface area contributed by atoms with Crippen molar-refractivity contribution in [3.8, 4) is 0 Å². The molecule has 0 unspecified atom stereocenters. The van der Waals surface area contributed by atoms with Gasteiger partial charge in [-0.15, -0.1) is 0 Å². The molecule has 5 nitrogen and oxygen atoms in total. The van der Waals surface area contributed by atoms with Gasteiger partial charge in [0.15, 0.2) is 9.84 Å². The van der Waals surface area contributed by atoms with E-state index in [1.807, 2.05) is 0 Å². The molecule has 0 aromatic heterocycles. The van der Waals surface area contributed by atoms with Gasteiger partial charge in [-0.25, -0.2) is 13.2 Å². The SMILES string of the molecule is CS(=O)(=O)c1ccc(CCNC(=O)Nc2ccc(Cl)cc2)cc1. The number of hydrogen-bond donors (Lipinski definition) is 2. The van der Waals surface area contributed by atoms with Gasteiger partial charge in [0.2, 0.25) is 0 Å². The van der Waals surface area contributed by atoms with E-state index in [1.54, 1.807) is 48.5 Å². The number of amides is 2. The van der Waals surface area contributed by atoms with Gasteiger partial charge in [0, 0.05) is 23.5 Å². The Morgan fingerprint density at radius 1 is 1.04 bits per heavy atom. The Labute approximate surface area is 140 Å². The quantitative estimate of drug-likeness (QED) is 0.868. The molecule has 0 heterocycles. The van der Waals surface area contributed by atoms with Crippen LogP contribution in [0, 0.1) is 0 Å². The molecule has 0 radical (unpaired) electrons. The summed E-state index contributed by atoms with van der Waals surface area (Å²) in [5, 5.41) is 6.04. The lowest BCUT2D eigenvalue weighted by Gasteiger charge is -2.08. The molecule has 23 heavy (non-hydrogen) atoms. The van der Waals surface area contributed by atoms with E-state index in [0.29, 0.717) is 23.7 Å². The summed E-state index contributed by atoms with van der Waals surface area (Å²) in [6.07, 6.45) is 1.78. The molecule has 2 amide bonds. The maximum Gasteiger partial charge on any atom is 0.319 e. The molecule has 2 N–H and O–H groups in total. The Balaban J connectivity index is 1.80. The number of urea groups is 1. The molecule has 0 bridgehead atoms. The molecule has 0 atom stereocenters. The Bertz CT molecular complexity index is 772. The van der Waals surface area contributed by atoms with Crippen LogP contribution in [0.25, 0.3) is 0 Å². The molecule has 0 aliphatic rings. The molecule has 2 aromatic carbocycles. The first-order chi connectivity index (χ1) is 10.8. The normalized spacial score (nSPS) is 11.0. The fourth-order valence-electron chi connectivity index (χ4n) is 1.93. The van der Waals surface area contributed by atoms with Crippen molar-refractivity contribution < 1.29 is 13.2 Å². The van der Waals surface area contributed by atoms with Crippen molar-refractivity contribution in [1.29, 1.82) is 0 Å². The van der Waals surface area contributed by atoms with Crippen LogP contribution in [-0.4, -0.2) is 27.2 Å². The van der Waals surface area contributed by atoms with E-state index >= 15 is 0 Å². The van der Waals surface area contributed by atoms with E-state index in [0.717, 1.165) is 5.56 Å². The fraction of sp³-hybridized carbons (Fsp3) is 0.188. The van der Waals surface area contributed by atoms with Crippen molar-refractivity contribution in [3.63, 3.8) is 0 Å². The minimum absolute atomic E-state index is 0.287. The summed E-state index contributed by atoms with van der Waals surface area (Å²) in [5.74, 6) is 0. The van der Waals surface area contributed by atoms with E-state index in [2.05, 4.69) is 10.6 Å². The van der Waals surface area contributed by atoms with Gasteiger partial charge in [-0.05, 0) is 48.4 Å². The van der Waals surface area contributed by atoms with Crippen LogP contribution < -0.4 is 10.6 Å². The molecule has 0 aliphatic carbocycles. The average molecular weight is 353 g/mol. The lowest BCUT2D eigenvalue weighted by Crippen LogP contribution is -2.30. The van der Waals surface area contributed by atoms with Gasteiger partial charge in [-0.2, -0.15) is 0 Å². The molecule has 0 aliphatic heterocycles. The molecule has 7 heteroatoms. The lowest BCUT2D eigenvalue weighted by molar-refractivity contribution is 0.252. The van der Waals surface area contributed by atoms with Gasteiger partial charge < -0.3 is 10.6 Å². The monoisotopic (exact) mass is 352 g/mol. The number of hydrogen-bond acceptors (Lipinski definition) is 3. The lowest BCUT2D eigenvalue weighted by atomic mass is 10.1. The van der Waals surface area contributed by atoms with Crippen LogP contribution in [0.2, 0.25) is 5.02 Å². The number of carbonyl (C=O) groups excluding carboxylic acids is 1. The topological polar surface area (TPSA) is 75.3 Å². The predicted octanol–water partition coefficient (Wildman–Crippen LogP) is 3.11. The molecule has 2 rings (SSSR count). The first-order valence-electron chi connectivity index (χ1n) is 6.94. The zero-order valence-electron chi connectivity index (χ0n) is 12.5. The highest BCUT2D eigenvalue weighted by atomic mass is 35.5. The summed E-state index contributed by atoms with van der Waals surface area (Å²) in [5.41, 5.74) is 1.61. The third-order valence-electron chi connectivity index (χ3n) is 3.15. The maximum absolute atomic E-state index is 11.7. The van der Waals surface area contributed by atoms with E-state index in [4.69, 9.17) is 11.6 Å². The zero-order valence-corrected chi connectivity index (χ0v) is 14.1. The highest BCUT2D eigenvalue weighted by Crippen LogP contribution is 2.13. The van der Waals surface area contributed by atoms with Crippen LogP contribution in [-0.2, 0) is 16.3 Å². The summed E-state index contributed by atoms with van der Waals surface area (Å²) in [6, 6.07) is 13.1. The van der Waals surface area contributed by atoms with Gasteiger partial charge in [-0.1, -0.05) is 23.7 Å². The largest absolute Gasteiger partial charge is 0.338 e. The summed E-state index contributed by atoms with van der Waals surface area (Å²) < 4.78 is 22.7. The van der Waals surface area contributed by atoms with Gasteiger partial charge in [0.1, 0.15) is 0 Å². The molecule has 0 fully saturated rings. The van der Waals surface area contributed by atoms with Crippen molar-refractivity contribution in [2.75, 3.05) is 18.1 Å². The molecule has 0 saturated heterocycles. The van der Waals surface area contributed by atoms with Gasteiger partial charge in [0.05, 0.1) is 4.90 Å². The van der Waals surface area contributed by atoms with Gasteiger partial charge >= 0.3 is 6.03 Å². The fourth-order valence-corrected chi connectivity index (χ4v) is 2.69. The van der Waals surface area contributed by atoms with Gasteiger partial charge in [0.25, 0.3) is 0 Å². The summed E-state index contributed by atoms with van der Waals surface area (Å²) in [7, 11) is -3.18. The third kappa shape index (κ3) is 5.58. The van der Waals surface area contributed by atoms with Crippen molar-refractivity contribution in [1.82, 2.24) is 5.32 Å². The number of sulfone groups is 1. The molecular weight excluding hydrogens is 336 g/mol. The van der Waals surface area contributed by atoms with Crippen molar-refractivity contribution >= 4 is 33.2 Å². The maximum atomic E-state index is 11.7. The number of benzene rings is 2. The number of halogens is 1. The van der Waals surface area contributed by atoms with Crippen LogP contribution in [0.5, 0.6) is 0 Å². The molecule has 0 spiro atoms. The van der Waals surface area contributed by atoms with Crippen LogP contribution in [0.15, 0.2) is 53.4 Å². The Kier molecular flexibility index (Phi) is 5.63. The van der Waals surface area contributed by atoms with Gasteiger partial charge in [-0.3, -0.25) is 0 Å². The standard InChI is InChI=1S/C16H17ClN2O3S/c1-23(21,22)15-8-2-12(3-9-15)10-11-18-16(20)19-14-6-4-13(17)5-7-14/h2-9H,10-11H2,1H3,(H2,18,19,20). The number of nitrogens with one attached hydrogen (secondary N) is 2. The second-order valence-corrected chi connectivity index (χ2v) is 7.51.